The summed E-state index contributed by atoms with van der Waals surface area (Å²) in [6.45, 7) is 5.94. The van der Waals surface area contributed by atoms with E-state index in [1.54, 1.807) is 0 Å². The minimum absolute atomic E-state index is 0.882. The zero-order chi connectivity index (χ0) is 8.53. The van der Waals surface area contributed by atoms with E-state index in [4.69, 9.17) is 5.41 Å². The van der Waals surface area contributed by atoms with Crippen LogP contribution in [0.5, 0.6) is 0 Å². The van der Waals surface area contributed by atoms with Gasteiger partial charge < -0.3 is 5.41 Å². The SMILES string of the molecule is [CH2]CCC(=N)CCCCCC. The fourth-order valence-electron chi connectivity index (χ4n) is 1.10. The van der Waals surface area contributed by atoms with Crippen LogP contribution in [0.1, 0.15) is 51.9 Å². The molecular formula is C10H20N. The highest BCUT2D eigenvalue weighted by molar-refractivity contribution is 5.81. The van der Waals surface area contributed by atoms with Crippen LogP contribution < -0.4 is 0 Å². The van der Waals surface area contributed by atoms with Crippen LogP contribution in [0.25, 0.3) is 0 Å². The number of hydrogen-bond donors (Lipinski definition) is 1. The van der Waals surface area contributed by atoms with Crippen molar-refractivity contribution >= 4 is 5.71 Å². The van der Waals surface area contributed by atoms with Crippen molar-refractivity contribution in [2.24, 2.45) is 0 Å². The van der Waals surface area contributed by atoms with Crippen LogP contribution in [0.4, 0.5) is 0 Å². The van der Waals surface area contributed by atoms with Crippen molar-refractivity contribution < 1.29 is 0 Å². The highest BCUT2D eigenvalue weighted by Crippen LogP contribution is 2.05. The lowest BCUT2D eigenvalue weighted by atomic mass is 10.1. The Morgan fingerprint density at radius 2 is 1.91 bits per heavy atom. The van der Waals surface area contributed by atoms with Gasteiger partial charge in [-0.25, -0.2) is 0 Å². The molecule has 0 aliphatic rings. The van der Waals surface area contributed by atoms with Gasteiger partial charge in [0.25, 0.3) is 0 Å². The van der Waals surface area contributed by atoms with Crippen molar-refractivity contribution in [3.8, 4) is 0 Å². The Balaban J connectivity index is 3.04. The molecule has 0 amide bonds. The van der Waals surface area contributed by atoms with E-state index in [9.17, 15) is 0 Å². The highest BCUT2D eigenvalue weighted by atomic mass is 14.4. The first kappa shape index (κ1) is 10.7. The third-order valence-electron chi connectivity index (χ3n) is 1.81. The number of unbranched alkanes of at least 4 members (excludes halogenated alkanes) is 3. The maximum atomic E-state index is 7.48. The Bertz CT molecular complexity index is 97.0. The predicted octanol–water partition coefficient (Wildman–Crippen LogP) is 3.59. The maximum Gasteiger partial charge on any atom is 0.00891 e. The van der Waals surface area contributed by atoms with Crippen molar-refractivity contribution in [2.45, 2.75) is 51.9 Å². The largest absolute Gasteiger partial charge is 0.310 e. The zero-order valence-corrected chi connectivity index (χ0v) is 7.66. The maximum absolute atomic E-state index is 7.48. The molecule has 11 heavy (non-hydrogen) atoms. The van der Waals surface area contributed by atoms with Gasteiger partial charge in [-0.15, -0.1) is 0 Å². The van der Waals surface area contributed by atoms with Gasteiger partial charge in [0.05, 0.1) is 0 Å². The van der Waals surface area contributed by atoms with E-state index in [1.807, 2.05) is 0 Å². The summed E-state index contributed by atoms with van der Waals surface area (Å²) in [7, 11) is 0. The number of hydrogen-bond acceptors (Lipinski definition) is 1. The van der Waals surface area contributed by atoms with Crippen LogP contribution in [-0.4, -0.2) is 5.71 Å². The lowest BCUT2D eigenvalue weighted by molar-refractivity contribution is 0.678. The van der Waals surface area contributed by atoms with Crippen LogP contribution >= 0.6 is 0 Å². The van der Waals surface area contributed by atoms with E-state index in [2.05, 4.69) is 13.8 Å². The molecule has 0 saturated carbocycles. The summed E-state index contributed by atoms with van der Waals surface area (Å²) >= 11 is 0. The van der Waals surface area contributed by atoms with Crippen LogP contribution in [0.15, 0.2) is 0 Å². The molecule has 1 N–H and O–H groups in total. The summed E-state index contributed by atoms with van der Waals surface area (Å²) in [4.78, 5) is 0. The van der Waals surface area contributed by atoms with Gasteiger partial charge in [-0.05, 0) is 25.7 Å². The zero-order valence-electron chi connectivity index (χ0n) is 7.66. The molecule has 1 heteroatoms. The molecule has 0 aliphatic carbocycles. The van der Waals surface area contributed by atoms with Gasteiger partial charge in [-0.2, -0.15) is 0 Å². The van der Waals surface area contributed by atoms with E-state index in [0.29, 0.717) is 0 Å². The van der Waals surface area contributed by atoms with Crippen LogP contribution in [0.2, 0.25) is 0 Å². The Labute approximate surface area is 70.7 Å². The molecule has 0 fully saturated rings. The van der Waals surface area contributed by atoms with Crippen molar-refractivity contribution in [3.05, 3.63) is 6.92 Å². The van der Waals surface area contributed by atoms with Gasteiger partial charge in [0.1, 0.15) is 0 Å². The quantitative estimate of drug-likeness (QED) is 0.428. The van der Waals surface area contributed by atoms with Gasteiger partial charge in [0.15, 0.2) is 0 Å². The molecule has 1 nitrogen and oxygen atoms in total. The second-order valence-electron chi connectivity index (χ2n) is 3.02. The van der Waals surface area contributed by atoms with Crippen molar-refractivity contribution in [3.63, 3.8) is 0 Å². The summed E-state index contributed by atoms with van der Waals surface area (Å²) < 4.78 is 0. The number of rotatable bonds is 7. The first-order valence-corrected chi connectivity index (χ1v) is 4.66. The molecule has 1 radical (unpaired) electrons. The molecule has 0 aromatic heterocycles. The molecule has 0 aromatic rings. The third kappa shape index (κ3) is 7.57. The van der Waals surface area contributed by atoms with Gasteiger partial charge in [-0.3, -0.25) is 0 Å². The van der Waals surface area contributed by atoms with E-state index < -0.39 is 0 Å². The first-order valence-electron chi connectivity index (χ1n) is 4.66. The normalized spacial score (nSPS) is 10.0. The molecule has 0 saturated heterocycles. The fraction of sp³-hybridized carbons (Fsp3) is 0.800. The third-order valence-corrected chi connectivity index (χ3v) is 1.81. The van der Waals surface area contributed by atoms with E-state index in [0.717, 1.165) is 25.0 Å². The molecule has 0 rings (SSSR count). The molecular weight excluding hydrogens is 134 g/mol. The smallest absolute Gasteiger partial charge is 0.00891 e. The van der Waals surface area contributed by atoms with Gasteiger partial charge in [-0.1, -0.05) is 33.1 Å². The Morgan fingerprint density at radius 1 is 1.18 bits per heavy atom. The average Bonchev–Trinajstić information content (AvgIpc) is 1.99. The monoisotopic (exact) mass is 154 g/mol. The molecule has 0 heterocycles. The molecule has 65 valence electrons. The Morgan fingerprint density at radius 3 is 2.45 bits per heavy atom. The lowest BCUT2D eigenvalue weighted by Gasteiger charge is -2.00. The first-order chi connectivity index (χ1) is 5.31. The van der Waals surface area contributed by atoms with E-state index in [-0.39, 0.29) is 0 Å². The standard InChI is InChI=1S/C10H20N/c1-3-5-6-7-9-10(11)8-4-2/h11H,2-9H2,1H3. The lowest BCUT2D eigenvalue weighted by Crippen LogP contribution is -1.94. The molecule has 0 bridgehead atoms. The van der Waals surface area contributed by atoms with Crippen LogP contribution in [0, 0.1) is 12.3 Å². The van der Waals surface area contributed by atoms with E-state index in [1.165, 1.54) is 25.7 Å². The van der Waals surface area contributed by atoms with Crippen molar-refractivity contribution in [1.29, 1.82) is 5.41 Å². The van der Waals surface area contributed by atoms with Crippen molar-refractivity contribution in [1.82, 2.24) is 0 Å². The van der Waals surface area contributed by atoms with Gasteiger partial charge in [0, 0.05) is 5.71 Å². The van der Waals surface area contributed by atoms with Gasteiger partial charge in [0.2, 0.25) is 0 Å². The Kier molecular flexibility index (Phi) is 7.54. The molecule has 0 aromatic carbocycles. The van der Waals surface area contributed by atoms with E-state index >= 15 is 0 Å². The van der Waals surface area contributed by atoms with Gasteiger partial charge >= 0.3 is 0 Å². The number of nitrogens with one attached hydrogen (secondary N) is 1. The summed E-state index contributed by atoms with van der Waals surface area (Å²) in [6.07, 6.45) is 7.86. The summed E-state index contributed by atoms with van der Waals surface area (Å²) in [5.74, 6) is 0. The second-order valence-corrected chi connectivity index (χ2v) is 3.02. The summed E-state index contributed by atoms with van der Waals surface area (Å²) in [6, 6.07) is 0. The van der Waals surface area contributed by atoms with Crippen LogP contribution in [-0.2, 0) is 0 Å². The fourth-order valence-corrected chi connectivity index (χ4v) is 1.10. The summed E-state index contributed by atoms with van der Waals surface area (Å²) in [5.41, 5.74) is 0.885. The molecule has 0 unspecified atom stereocenters. The molecule has 0 spiro atoms. The van der Waals surface area contributed by atoms with Crippen LogP contribution in [0.3, 0.4) is 0 Å². The minimum Gasteiger partial charge on any atom is -0.310 e. The topological polar surface area (TPSA) is 23.9 Å². The average molecular weight is 154 g/mol. The molecule has 0 atom stereocenters. The molecule has 0 aliphatic heterocycles. The minimum atomic E-state index is 0.882. The summed E-state index contributed by atoms with van der Waals surface area (Å²) in [5, 5.41) is 7.48. The second kappa shape index (κ2) is 7.77. The van der Waals surface area contributed by atoms with Crippen molar-refractivity contribution in [2.75, 3.05) is 0 Å². The highest BCUT2D eigenvalue weighted by Gasteiger charge is 1.94. The predicted molar refractivity (Wildman–Crippen MR) is 51.1 cm³/mol. The Hall–Kier alpha value is -0.330.